The van der Waals surface area contributed by atoms with Crippen molar-refractivity contribution in [1.82, 2.24) is 20.4 Å². The Balaban J connectivity index is 1.78. The number of hydrogen-bond acceptors (Lipinski definition) is 8. The summed E-state index contributed by atoms with van der Waals surface area (Å²) < 4.78 is 24.9. The van der Waals surface area contributed by atoms with Gasteiger partial charge < -0.3 is 9.47 Å². The Bertz CT molecular complexity index is 1310. The van der Waals surface area contributed by atoms with Gasteiger partial charge in [0.25, 0.3) is 0 Å². The third kappa shape index (κ3) is 4.09. The number of thiazole rings is 1. The molecule has 160 valence electrons. The van der Waals surface area contributed by atoms with Crippen LogP contribution in [0.3, 0.4) is 0 Å². The molecule has 8 nitrogen and oxygen atoms in total. The molecule has 2 heterocycles. The van der Waals surface area contributed by atoms with Crippen molar-refractivity contribution in [3.63, 3.8) is 0 Å². The normalized spacial score (nSPS) is 11.1. The molecule has 0 aliphatic rings. The van der Waals surface area contributed by atoms with E-state index in [9.17, 15) is 9.18 Å². The molecule has 1 amide bonds. The number of amides is 1. The Labute approximate surface area is 184 Å². The van der Waals surface area contributed by atoms with Crippen LogP contribution in [0.15, 0.2) is 24.4 Å². The molecule has 0 spiro atoms. The number of benzene rings is 2. The molecule has 0 saturated carbocycles. The van der Waals surface area contributed by atoms with Crippen LogP contribution in [0.5, 0.6) is 5.88 Å². The molecule has 11 heteroatoms. The van der Waals surface area contributed by atoms with Crippen LogP contribution in [-0.4, -0.2) is 35.3 Å². The summed E-state index contributed by atoms with van der Waals surface area (Å²) in [5, 5.41) is 0.497. The van der Waals surface area contributed by atoms with Crippen molar-refractivity contribution in [3.8, 4) is 16.5 Å². The van der Waals surface area contributed by atoms with Gasteiger partial charge >= 0.3 is 6.09 Å². The standard InChI is InChI=1S/C20H16ClFN4O4S/c1-9-4-11(17-12(5-9)24-14(28-2)7-23-17)19-25-18-13(31-19)6-10(16(22)15(18)21)8-30-26-20(27)29-3/h4-7H,8H2,1-3H3,(H,26,27). The highest BCUT2D eigenvalue weighted by Gasteiger charge is 2.19. The summed E-state index contributed by atoms with van der Waals surface area (Å²) in [5.41, 5.74) is 5.56. The van der Waals surface area contributed by atoms with Crippen molar-refractivity contribution >= 4 is 50.3 Å². The molecule has 2 aromatic heterocycles. The van der Waals surface area contributed by atoms with Crippen LogP contribution in [-0.2, 0) is 16.2 Å². The number of aromatic nitrogens is 3. The maximum atomic E-state index is 14.7. The van der Waals surface area contributed by atoms with Crippen LogP contribution in [0.25, 0.3) is 31.8 Å². The van der Waals surface area contributed by atoms with Gasteiger partial charge in [0.1, 0.15) is 28.0 Å². The van der Waals surface area contributed by atoms with Crippen LogP contribution in [0.4, 0.5) is 9.18 Å². The van der Waals surface area contributed by atoms with Gasteiger partial charge in [-0.15, -0.1) is 11.3 Å². The fourth-order valence-corrected chi connectivity index (χ4v) is 4.38. The monoisotopic (exact) mass is 462 g/mol. The lowest BCUT2D eigenvalue weighted by atomic mass is 10.1. The summed E-state index contributed by atoms with van der Waals surface area (Å²) in [4.78, 5) is 29.5. The minimum Gasteiger partial charge on any atom is -0.480 e. The summed E-state index contributed by atoms with van der Waals surface area (Å²) in [6.07, 6.45) is 0.738. The number of fused-ring (bicyclic) bond motifs is 2. The molecule has 0 saturated heterocycles. The number of hydroxylamine groups is 1. The number of aryl methyl sites for hydroxylation is 1. The van der Waals surface area contributed by atoms with Crippen LogP contribution >= 0.6 is 22.9 Å². The lowest BCUT2D eigenvalue weighted by Gasteiger charge is -2.07. The van der Waals surface area contributed by atoms with E-state index in [1.165, 1.54) is 31.8 Å². The van der Waals surface area contributed by atoms with E-state index in [0.717, 1.165) is 11.1 Å². The van der Waals surface area contributed by atoms with Crippen LogP contribution in [0.1, 0.15) is 11.1 Å². The van der Waals surface area contributed by atoms with Gasteiger partial charge in [-0.25, -0.2) is 24.1 Å². The van der Waals surface area contributed by atoms with Gasteiger partial charge in [-0.05, 0) is 30.7 Å². The first kappa shape index (κ1) is 21.2. The highest BCUT2D eigenvalue weighted by atomic mass is 35.5. The summed E-state index contributed by atoms with van der Waals surface area (Å²) >= 11 is 7.58. The van der Waals surface area contributed by atoms with Crippen molar-refractivity contribution in [2.45, 2.75) is 13.5 Å². The van der Waals surface area contributed by atoms with Gasteiger partial charge in [0.05, 0.1) is 36.1 Å². The van der Waals surface area contributed by atoms with Crippen LogP contribution in [0.2, 0.25) is 5.02 Å². The molecule has 0 aliphatic carbocycles. The first-order valence-electron chi connectivity index (χ1n) is 8.96. The van der Waals surface area contributed by atoms with Crippen molar-refractivity contribution in [1.29, 1.82) is 0 Å². The first-order chi connectivity index (χ1) is 14.9. The highest BCUT2D eigenvalue weighted by molar-refractivity contribution is 7.21. The maximum Gasteiger partial charge on any atom is 0.431 e. The van der Waals surface area contributed by atoms with E-state index in [1.807, 2.05) is 24.5 Å². The molecule has 0 unspecified atom stereocenters. The topological polar surface area (TPSA) is 95.5 Å². The second kappa shape index (κ2) is 8.58. The number of hydrogen-bond donors (Lipinski definition) is 1. The summed E-state index contributed by atoms with van der Waals surface area (Å²) in [6.45, 7) is 1.70. The van der Waals surface area contributed by atoms with E-state index in [4.69, 9.17) is 21.2 Å². The Kier molecular flexibility index (Phi) is 5.86. The minimum absolute atomic E-state index is 0.124. The molecule has 0 bridgehead atoms. The van der Waals surface area contributed by atoms with E-state index in [-0.39, 0.29) is 17.2 Å². The predicted octanol–water partition coefficient (Wildman–Crippen LogP) is 4.80. The lowest BCUT2D eigenvalue weighted by Crippen LogP contribution is -2.23. The number of halogens is 2. The van der Waals surface area contributed by atoms with Crippen LogP contribution in [0, 0.1) is 12.7 Å². The zero-order valence-corrected chi connectivity index (χ0v) is 18.2. The van der Waals surface area contributed by atoms with Crippen molar-refractivity contribution in [2.75, 3.05) is 14.2 Å². The number of nitrogens with one attached hydrogen (secondary N) is 1. The molecule has 0 radical (unpaired) electrons. The van der Waals surface area contributed by atoms with E-state index < -0.39 is 11.9 Å². The Morgan fingerprint density at radius 1 is 1.23 bits per heavy atom. The Morgan fingerprint density at radius 3 is 2.77 bits per heavy atom. The number of ether oxygens (including phenoxy) is 2. The van der Waals surface area contributed by atoms with Crippen molar-refractivity contribution in [3.05, 3.63) is 46.4 Å². The summed E-state index contributed by atoms with van der Waals surface area (Å²) in [5.74, 6) is -0.264. The molecule has 0 atom stereocenters. The average Bonchev–Trinajstić information content (AvgIpc) is 3.19. The van der Waals surface area contributed by atoms with Crippen LogP contribution < -0.4 is 10.2 Å². The van der Waals surface area contributed by atoms with Gasteiger partial charge in [0, 0.05) is 11.1 Å². The van der Waals surface area contributed by atoms with Gasteiger partial charge in [0.15, 0.2) is 0 Å². The van der Waals surface area contributed by atoms with Gasteiger partial charge in [-0.1, -0.05) is 11.6 Å². The average molecular weight is 463 g/mol. The van der Waals surface area contributed by atoms with Crippen molar-refractivity contribution < 1.29 is 23.5 Å². The summed E-state index contributed by atoms with van der Waals surface area (Å²) in [6, 6.07) is 5.43. The lowest BCUT2D eigenvalue weighted by molar-refractivity contribution is 0.0239. The molecular weight excluding hydrogens is 447 g/mol. The van der Waals surface area contributed by atoms with Gasteiger partial charge in [0.2, 0.25) is 5.88 Å². The quantitative estimate of drug-likeness (QED) is 0.425. The van der Waals surface area contributed by atoms with E-state index in [2.05, 4.69) is 19.7 Å². The predicted molar refractivity (Wildman–Crippen MR) is 115 cm³/mol. The fraction of sp³-hybridized carbons (Fsp3) is 0.200. The first-order valence-corrected chi connectivity index (χ1v) is 10.2. The molecule has 0 fully saturated rings. The number of methoxy groups -OCH3 is 2. The SMILES string of the molecule is COC(=O)NOCc1cc2sc(-c3cc(C)cc4nc(OC)cnc34)nc2c(Cl)c1F. The molecule has 31 heavy (non-hydrogen) atoms. The molecular formula is C20H16ClFN4O4S. The zero-order valence-electron chi connectivity index (χ0n) is 16.7. The zero-order chi connectivity index (χ0) is 22.1. The van der Waals surface area contributed by atoms with E-state index in [0.29, 0.717) is 32.1 Å². The minimum atomic E-state index is -0.795. The second-order valence-corrected chi connectivity index (χ2v) is 7.91. The smallest absolute Gasteiger partial charge is 0.431 e. The third-order valence-corrected chi connectivity index (χ3v) is 5.80. The van der Waals surface area contributed by atoms with Gasteiger partial charge in [-0.3, -0.25) is 4.84 Å². The van der Waals surface area contributed by atoms with E-state index in [1.54, 1.807) is 6.07 Å². The number of carbonyl (C=O) groups excluding carboxylic acids is 1. The highest BCUT2D eigenvalue weighted by Crippen LogP contribution is 2.38. The largest absolute Gasteiger partial charge is 0.480 e. The molecule has 4 rings (SSSR count). The Morgan fingerprint density at radius 2 is 2.03 bits per heavy atom. The number of nitrogens with zero attached hydrogens (tertiary/aromatic N) is 3. The third-order valence-electron chi connectivity index (χ3n) is 4.42. The van der Waals surface area contributed by atoms with E-state index >= 15 is 0 Å². The maximum absolute atomic E-state index is 14.7. The molecule has 1 N–H and O–H groups in total. The Hall–Kier alpha value is -3.08. The fourth-order valence-electron chi connectivity index (χ4n) is 3.00. The number of carbonyl (C=O) groups is 1. The van der Waals surface area contributed by atoms with Gasteiger partial charge in [-0.2, -0.15) is 5.48 Å². The van der Waals surface area contributed by atoms with Crippen molar-refractivity contribution in [2.24, 2.45) is 0 Å². The molecule has 2 aromatic carbocycles. The summed E-state index contributed by atoms with van der Waals surface area (Å²) in [7, 11) is 2.72. The molecule has 4 aromatic rings. The molecule has 0 aliphatic heterocycles. The number of rotatable bonds is 5. The second-order valence-electron chi connectivity index (χ2n) is 6.50.